The van der Waals surface area contributed by atoms with Gasteiger partial charge in [-0.25, -0.2) is 14.8 Å². The summed E-state index contributed by atoms with van der Waals surface area (Å²) in [4.78, 5) is 40.3. The lowest BCUT2D eigenvalue weighted by Crippen LogP contribution is -2.40. The fourth-order valence-electron chi connectivity index (χ4n) is 6.36. The van der Waals surface area contributed by atoms with Gasteiger partial charge in [0.2, 0.25) is 0 Å². The van der Waals surface area contributed by atoms with Gasteiger partial charge in [-0.3, -0.25) is 4.79 Å². The number of aromatic nitrogens is 4. The van der Waals surface area contributed by atoms with Crippen molar-refractivity contribution in [2.24, 2.45) is 11.8 Å². The van der Waals surface area contributed by atoms with E-state index in [9.17, 15) is 14.7 Å². The second-order valence-corrected chi connectivity index (χ2v) is 10.6. The van der Waals surface area contributed by atoms with Crippen LogP contribution in [0.1, 0.15) is 42.5 Å². The summed E-state index contributed by atoms with van der Waals surface area (Å²) in [5.41, 5.74) is 5.22. The molecule has 0 spiro atoms. The van der Waals surface area contributed by atoms with Gasteiger partial charge in [0.1, 0.15) is 16.9 Å². The molecule has 0 aliphatic heterocycles. The van der Waals surface area contributed by atoms with E-state index in [1.54, 1.807) is 18.3 Å². The fourth-order valence-corrected chi connectivity index (χ4v) is 6.36. The van der Waals surface area contributed by atoms with Gasteiger partial charge in [0.15, 0.2) is 5.65 Å². The molecule has 4 N–H and O–H groups in total. The Morgan fingerprint density at radius 1 is 0.974 bits per heavy atom. The third-order valence-corrected chi connectivity index (χ3v) is 8.35. The summed E-state index contributed by atoms with van der Waals surface area (Å²) in [5.74, 6) is 0.853. The first-order valence-electron chi connectivity index (χ1n) is 13.1. The third-order valence-electron chi connectivity index (χ3n) is 8.35. The lowest BCUT2D eigenvalue weighted by Gasteiger charge is -2.43. The number of hydrogen-bond acceptors (Lipinski definition) is 5. The van der Waals surface area contributed by atoms with Crippen molar-refractivity contribution in [3.8, 4) is 22.5 Å². The highest BCUT2D eigenvalue weighted by molar-refractivity contribution is 6.01. The van der Waals surface area contributed by atoms with E-state index in [0.717, 1.165) is 40.1 Å². The average molecular weight is 506 g/mol. The second-order valence-electron chi connectivity index (χ2n) is 10.6. The fraction of sp³-hybridized carbons (Fsp3) is 0.267. The third kappa shape index (κ3) is 3.84. The smallest absolute Gasteiger partial charge is 0.335 e. The number of carboxylic acid groups (broad SMARTS) is 1. The number of nitrogens with zero attached hydrogens (tertiary/aromatic N) is 2. The maximum Gasteiger partial charge on any atom is 0.335 e. The summed E-state index contributed by atoms with van der Waals surface area (Å²) < 4.78 is 0. The van der Waals surface area contributed by atoms with Gasteiger partial charge in [-0.05, 0) is 78.6 Å². The van der Waals surface area contributed by atoms with Crippen molar-refractivity contribution in [1.82, 2.24) is 19.9 Å². The molecule has 5 aromatic rings. The summed E-state index contributed by atoms with van der Waals surface area (Å²) in [6.07, 6.45) is 7.82. The van der Waals surface area contributed by atoms with E-state index in [-0.39, 0.29) is 11.1 Å². The predicted octanol–water partition coefficient (Wildman–Crippen LogP) is 5.82. The molecule has 8 heteroatoms. The quantitative estimate of drug-likeness (QED) is 0.239. The van der Waals surface area contributed by atoms with Crippen LogP contribution in [0.4, 0.5) is 5.69 Å². The molecule has 0 radical (unpaired) electrons. The minimum absolute atomic E-state index is 0.210. The number of anilines is 1. The number of benzene rings is 2. The van der Waals surface area contributed by atoms with Crippen LogP contribution in [0.5, 0.6) is 0 Å². The Balaban J connectivity index is 1.42. The zero-order valence-electron chi connectivity index (χ0n) is 20.7. The maximum atomic E-state index is 13.6. The summed E-state index contributed by atoms with van der Waals surface area (Å²) in [6.45, 7) is 0. The number of aromatic amines is 2. The van der Waals surface area contributed by atoms with Crippen molar-refractivity contribution >= 4 is 33.7 Å². The number of fused-ring (bicyclic) bond motifs is 5. The standard InChI is InChI=1S/C30H27N5O3/c36-29-25(28-33-23-2-1-13-31-27(23)35-28)26(32-24-14-16-3-5-18(24)6-4-16)21-15-20(11-12-22(21)34-29)17-7-9-19(10-8-17)30(37)38/h1-2,7-13,15-16,18,24H,3-6,14H2,(H,37,38)(H,31,33,35)(H2,32,34,36). The Morgan fingerprint density at radius 2 is 1.76 bits per heavy atom. The van der Waals surface area contributed by atoms with Gasteiger partial charge < -0.3 is 20.4 Å². The molecule has 3 fully saturated rings. The van der Waals surface area contributed by atoms with Crippen LogP contribution in [0.25, 0.3) is 44.6 Å². The number of carboxylic acids is 1. The van der Waals surface area contributed by atoms with E-state index < -0.39 is 5.97 Å². The number of aromatic carboxylic acids is 1. The molecule has 2 bridgehead atoms. The summed E-state index contributed by atoms with van der Waals surface area (Å²) in [7, 11) is 0. The Bertz CT molecular complexity index is 1710. The molecule has 1 atom stereocenters. The highest BCUT2D eigenvalue weighted by Crippen LogP contribution is 2.44. The van der Waals surface area contributed by atoms with Gasteiger partial charge in [0.05, 0.1) is 16.8 Å². The van der Waals surface area contributed by atoms with E-state index in [0.29, 0.717) is 34.5 Å². The highest BCUT2D eigenvalue weighted by atomic mass is 16.4. The summed E-state index contributed by atoms with van der Waals surface area (Å²) in [5, 5.41) is 14.0. The summed E-state index contributed by atoms with van der Waals surface area (Å²) >= 11 is 0. The first-order valence-corrected chi connectivity index (χ1v) is 13.1. The van der Waals surface area contributed by atoms with Crippen LogP contribution in [0, 0.1) is 11.8 Å². The van der Waals surface area contributed by atoms with Crippen molar-refractivity contribution in [1.29, 1.82) is 0 Å². The molecule has 3 aliphatic rings. The van der Waals surface area contributed by atoms with E-state index >= 15 is 0 Å². The average Bonchev–Trinajstić information content (AvgIpc) is 3.37. The molecular weight excluding hydrogens is 478 g/mol. The topological polar surface area (TPSA) is 124 Å². The van der Waals surface area contributed by atoms with Crippen LogP contribution in [0.15, 0.2) is 65.6 Å². The maximum absolute atomic E-state index is 13.6. The van der Waals surface area contributed by atoms with Crippen LogP contribution in [0.3, 0.4) is 0 Å². The predicted molar refractivity (Wildman–Crippen MR) is 147 cm³/mol. The Labute approximate surface area is 218 Å². The largest absolute Gasteiger partial charge is 0.478 e. The normalized spacial score (nSPS) is 20.7. The van der Waals surface area contributed by atoms with Gasteiger partial charge in [-0.1, -0.05) is 31.0 Å². The molecule has 0 amide bonds. The van der Waals surface area contributed by atoms with Crippen molar-refractivity contribution < 1.29 is 9.90 Å². The first-order chi connectivity index (χ1) is 18.5. The molecule has 3 saturated carbocycles. The Kier molecular flexibility index (Phi) is 5.28. The number of hydrogen-bond donors (Lipinski definition) is 4. The van der Waals surface area contributed by atoms with E-state index in [2.05, 4.69) is 26.3 Å². The molecule has 38 heavy (non-hydrogen) atoms. The van der Waals surface area contributed by atoms with Gasteiger partial charge in [0, 0.05) is 17.6 Å². The molecular formula is C30H27N5O3. The number of H-pyrrole nitrogens is 2. The van der Waals surface area contributed by atoms with Gasteiger partial charge in [0.25, 0.3) is 5.56 Å². The lowest BCUT2D eigenvalue weighted by molar-refractivity contribution is 0.0697. The van der Waals surface area contributed by atoms with E-state index in [1.807, 2.05) is 36.4 Å². The van der Waals surface area contributed by atoms with Crippen LogP contribution < -0.4 is 10.9 Å². The number of pyridine rings is 2. The molecule has 0 saturated heterocycles. The number of nitrogens with one attached hydrogen (secondary N) is 3. The van der Waals surface area contributed by atoms with Crippen LogP contribution in [-0.2, 0) is 0 Å². The van der Waals surface area contributed by atoms with Crippen molar-refractivity contribution in [3.05, 3.63) is 76.7 Å². The zero-order chi connectivity index (χ0) is 25.8. The lowest BCUT2D eigenvalue weighted by atomic mass is 9.68. The SMILES string of the molecule is O=C(O)c1ccc(-c2ccc3[nH]c(=O)c(-c4nc5cccnc5[nH]4)c(NC4CC5CCC4CC5)c3c2)cc1. The Hall–Kier alpha value is -4.46. The van der Waals surface area contributed by atoms with Crippen molar-refractivity contribution in [2.45, 2.75) is 38.1 Å². The van der Waals surface area contributed by atoms with Crippen LogP contribution in [-0.4, -0.2) is 37.1 Å². The van der Waals surface area contributed by atoms with Crippen LogP contribution >= 0.6 is 0 Å². The minimum atomic E-state index is -0.953. The molecule has 3 aliphatic carbocycles. The number of imidazole rings is 1. The molecule has 190 valence electrons. The van der Waals surface area contributed by atoms with Crippen molar-refractivity contribution in [3.63, 3.8) is 0 Å². The monoisotopic (exact) mass is 505 g/mol. The number of carbonyl (C=O) groups is 1. The highest BCUT2D eigenvalue weighted by Gasteiger charge is 2.36. The molecule has 8 nitrogen and oxygen atoms in total. The molecule has 1 unspecified atom stereocenters. The molecule has 8 rings (SSSR count). The van der Waals surface area contributed by atoms with Crippen LogP contribution in [0.2, 0.25) is 0 Å². The van der Waals surface area contributed by atoms with Gasteiger partial charge in [-0.15, -0.1) is 0 Å². The van der Waals surface area contributed by atoms with Gasteiger partial charge in [-0.2, -0.15) is 0 Å². The van der Waals surface area contributed by atoms with E-state index in [4.69, 9.17) is 4.98 Å². The molecule has 3 heterocycles. The van der Waals surface area contributed by atoms with E-state index in [1.165, 1.54) is 25.7 Å². The first kappa shape index (κ1) is 22.7. The summed E-state index contributed by atoms with van der Waals surface area (Å²) in [6, 6.07) is 16.8. The van der Waals surface area contributed by atoms with Gasteiger partial charge >= 0.3 is 5.97 Å². The minimum Gasteiger partial charge on any atom is -0.478 e. The van der Waals surface area contributed by atoms with Crippen molar-refractivity contribution in [2.75, 3.05) is 5.32 Å². The second kappa shape index (κ2) is 8.83. The molecule has 2 aromatic carbocycles. The Morgan fingerprint density at radius 3 is 2.47 bits per heavy atom. The number of rotatable bonds is 5. The zero-order valence-corrected chi connectivity index (χ0v) is 20.7. The molecule has 3 aromatic heterocycles.